The predicted molar refractivity (Wildman–Crippen MR) is 97.3 cm³/mol. The summed E-state index contributed by atoms with van der Waals surface area (Å²) in [6.45, 7) is 2.83. The Morgan fingerprint density at radius 3 is 2.65 bits per heavy atom. The minimum absolute atomic E-state index is 0.0510. The lowest BCUT2D eigenvalue weighted by Gasteiger charge is -2.18. The van der Waals surface area contributed by atoms with Crippen molar-refractivity contribution in [1.82, 2.24) is 4.90 Å². The van der Waals surface area contributed by atoms with Crippen LogP contribution in [-0.2, 0) is 11.2 Å². The van der Waals surface area contributed by atoms with Crippen molar-refractivity contribution in [3.63, 3.8) is 0 Å². The highest BCUT2D eigenvalue weighted by molar-refractivity contribution is 7.19. The van der Waals surface area contributed by atoms with Gasteiger partial charge in [0, 0.05) is 22.7 Å². The number of thiophene rings is 1. The van der Waals surface area contributed by atoms with Crippen molar-refractivity contribution in [2.24, 2.45) is 0 Å². The van der Waals surface area contributed by atoms with Crippen LogP contribution in [0.5, 0.6) is 0 Å². The van der Waals surface area contributed by atoms with Crippen LogP contribution in [0.15, 0.2) is 54.6 Å². The van der Waals surface area contributed by atoms with E-state index >= 15 is 0 Å². The first-order chi connectivity index (χ1) is 11.3. The second-order valence-corrected chi connectivity index (χ2v) is 7.24. The Bertz CT molecular complexity index is 796. The molecular formula is C20H21NOS. The topological polar surface area (TPSA) is 12.5 Å². The summed E-state index contributed by atoms with van der Waals surface area (Å²) in [4.78, 5) is 3.75. The third-order valence-corrected chi connectivity index (χ3v) is 5.83. The summed E-state index contributed by atoms with van der Waals surface area (Å²) in [5.41, 5.74) is 2.72. The number of hydrogen-bond acceptors (Lipinski definition) is 3. The fraction of sp³-hybridized carbons (Fsp3) is 0.300. The Kier molecular flexibility index (Phi) is 4.17. The summed E-state index contributed by atoms with van der Waals surface area (Å²) in [5.74, 6) is 0. The van der Waals surface area contributed by atoms with Crippen molar-refractivity contribution in [2.45, 2.75) is 12.5 Å². The van der Waals surface area contributed by atoms with Gasteiger partial charge in [0.1, 0.15) is 6.10 Å². The molecule has 0 saturated carbocycles. The van der Waals surface area contributed by atoms with Crippen LogP contribution in [0.2, 0.25) is 0 Å². The molecule has 0 amide bonds. The molecule has 1 aliphatic rings. The first-order valence-corrected chi connectivity index (χ1v) is 9.00. The Balaban J connectivity index is 1.87. The minimum Gasteiger partial charge on any atom is -0.367 e. The van der Waals surface area contributed by atoms with Gasteiger partial charge in [-0.25, -0.2) is 0 Å². The van der Waals surface area contributed by atoms with Crippen molar-refractivity contribution in [3.05, 3.63) is 70.6 Å². The Hall–Kier alpha value is -1.68. The monoisotopic (exact) mass is 323 g/mol. The lowest BCUT2D eigenvalue weighted by molar-refractivity contribution is 0.0697. The van der Waals surface area contributed by atoms with E-state index in [0.717, 1.165) is 26.1 Å². The minimum atomic E-state index is 0.0510. The molecule has 1 aromatic heterocycles. The quantitative estimate of drug-likeness (QED) is 0.654. The number of rotatable bonds is 1. The van der Waals surface area contributed by atoms with Gasteiger partial charge in [-0.15, -0.1) is 11.3 Å². The van der Waals surface area contributed by atoms with E-state index in [1.54, 1.807) is 0 Å². The van der Waals surface area contributed by atoms with E-state index in [1.165, 1.54) is 26.1 Å². The van der Waals surface area contributed by atoms with Gasteiger partial charge in [-0.3, -0.25) is 0 Å². The number of fused-ring (bicyclic) bond motifs is 3. The van der Waals surface area contributed by atoms with Gasteiger partial charge in [-0.05, 0) is 36.0 Å². The predicted octanol–water partition coefficient (Wildman–Crippen LogP) is 4.50. The van der Waals surface area contributed by atoms with Crippen LogP contribution in [0, 0.1) is 0 Å². The number of likely N-dealkylation sites (N-methyl/N-ethyl adjacent to an activating group) is 1. The Morgan fingerprint density at radius 1 is 1.00 bits per heavy atom. The van der Waals surface area contributed by atoms with Crippen LogP contribution >= 0.6 is 11.3 Å². The smallest absolute Gasteiger partial charge is 0.117 e. The van der Waals surface area contributed by atoms with E-state index in [4.69, 9.17) is 4.74 Å². The van der Waals surface area contributed by atoms with Crippen molar-refractivity contribution in [3.8, 4) is 0 Å². The highest BCUT2D eigenvalue weighted by Crippen LogP contribution is 2.40. The fourth-order valence-corrected chi connectivity index (χ4v) is 4.61. The van der Waals surface area contributed by atoms with Crippen LogP contribution in [0.25, 0.3) is 10.1 Å². The molecule has 3 aromatic rings. The van der Waals surface area contributed by atoms with Gasteiger partial charge in [0.05, 0.1) is 6.61 Å². The summed E-state index contributed by atoms with van der Waals surface area (Å²) in [7, 11) is 2.18. The molecule has 2 heterocycles. The summed E-state index contributed by atoms with van der Waals surface area (Å²) < 4.78 is 7.71. The molecule has 0 saturated heterocycles. The number of nitrogens with zero attached hydrogens (tertiary/aromatic N) is 1. The van der Waals surface area contributed by atoms with Gasteiger partial charge >= 0.3 is 0 Å². The van der Waals surface area contributed by atoms with E-state index in [2.05, 4.69) is 66.5 Å². The zero-order chi connectivity index (χ0) is 15.6. The van der Waals surface area contributed by atoms with E-state index in [9.17, 15) is 0 Å². The molecule has 0 fully saturated rings. The summed E-state index contributed by atoms with van der Waals surface area (Å²) >= 11 is 1.89. The maximum Gasteiger partial charge on any atom is 0.117 e. The highest BCUT2D eigenvalue weighted by Gasteiger charge is 2.24. The second kappa shape index (κ2) is 6.44. The van der Waals surface area contributed by atoms with Crippen LogP contribution in [-0.4, -0.2) is 31.6 Å². The average Bonchev–Trinajstić information content (AvgIpc) is 2.98. The average molecular weight is 323 g/mol. The SMILES string of the molecule is CN1CCOC(c2ccccc2)c2sc3ccccc3c2CC1. The zero-order valence-electron chi connectivity index (χ0n) is 13.4. The van der Waals surface area contributed by atoms with E-state index in [1.807, 2.05) is 11.3 Å². The van der Waals surface area contributed by atoms with E-state index in [0.29, 0.717) is 0 Å². The first-order valence-electron chi connectivity index (χ1n) is 8.18. The standard InChI is InChI=1S/C20H21NOS/c1-21-12-11-17-16-9-5-6-10-18(16)23-20(17)19(22-14-13-21)15-7-3-2-4-8-15/h2-10,19H,11-14H2,1H3. The third-order valence-electron chi connectivity index (χ3n) is 4.57. The molecule has 0 N–H and O–H groups in total. The lowest BCUT2D eigenvalue weighted by atomic mass is 10.0. The Labute approximate surface area is 141 Å². The van der Waals surface area contributed by atoms with Gasteiger partial charge in [-0.2, -0.15) is 0 Å². The number of hydrogen-bond donors (Lipinski definition) is 0. The lowest BCUT2D eigenvalue weighted by Crippen LogP contribution is -2.24. The van der Waals surface area contributed by atoms with Gasteiger partial charge in [0.2, 0.25) is 0 Å². The largest absolute Gasteiger partial charge is 0.367 e. The third kappa shape index (κ3) is 2.92. The molecule has 4 rings (SSSR count). The molecule has 0 bridgehead atoms. The van der Waals surface area contributed by atoms with Crippen LogP contribution in [0.4, 0.5) is 0 Å². The molecule has 1 aliphatic heterocycles. The molecule has 1 atom stereocenters. The molecule has 2 nitrogen and oxygen atoms in total. The molecule has 1 unspecified atom stereocenters. The molecule has 2 aromatic carbocycles. The first kappa shape index (κ1) is 14.9. The highest BCUT2D eigenvalue weighted by atomic mass is 32.1. The fourth-order valence-electron chi connectivity index (χ4n) is 3.28. The molecule has 118 valence electrons. The zero-order valence-corrected chi connectivity index (χ0v) is 14.2. The molecule has 0 aliphatic carbocycles. The van der Waals surface area contributed by atoms with Gasteiger partial charge in [0.25, 0.3) is 0 Å². The van der Waals surface area contributed by atoms with Crippen molar-refractivity contribution in [2.75, 3.05) is 26.7 Å². The summed E-state index contributed by atoms with van der Waals surface area (Å²) in [5, 5.41) is 1.40. The normalized spacial score (nSPS) is 19.8. The van der Waals surface area contributed by atoms with Crippen molar-refractivity contribution >= 4 is 21.4 Å². The van der Waals surface area contributed by atoms with E-state index < -0.39 is 0 Å². The second-order valence-electron chi connectivity index (χ2n) is 6.16. The summed E-state index contributed by atoms with van der Waals surface area (Å²) in [6, 6.07) is 19.4. The molecule has 0 spiro atoms. The van der Waals surface area contributed by atoms with Gasteiger partial charge < -0.3 is 9.64 Å². The molecule has 3 heteroatoms. The van der Waals surface area contributed by atoms with Crippen molar-refractivity contribution < 1.29 is 4.74 Å². The van der Waals surface area contributed by atoms with Gasteiger partial charge in [-0.1, -0.05) is 48.5 Å². The molecule has 0 radical (unpaired) electrons. The van der Waals surface area contributed by atoms with E-state index in [-0.39, 0.29) is 6.10 Å². The van der Waals surface area contributed by atoms with Crippen LogP contribution < -0.4 is 0 Å². The molecule has 23 heavy (non-hydrogen) atoms. The maximum atomic E-state index is 6.34. The number of ether oxygens (including phenoxy) is 1. The van der Waals surface area contributed by atoms with Gasteiger partial charge in [0.15, 0.2) is 0 Å². The van der Waals surface area contributed by atoms with Crippen molar-refractivity contribution in [1.29, 1.82) is 0 Å². The van der Waals surface area contributed by atoms with Crippen LogP contribution in [0.3, 0.4) is 0 Å². The maximum absolute atomic E-state index is 6.34. The summed E-state index contributed by atoms with van der Waals surface area (Å²) in [6.07, 6.45) is 1.14. The Morgan fingerprint density at radius 2 is 1.78 bits per heavy atom. The van der Waals surface area contributed by atoms with Crippen LogP contribution in [0.1, 0.15) is 22.1 Å². The molecular weight excluding hydrogens is 302 g/mol. The number of benzene rings is 2.